The third-order valence-electron chi connectivity index (χ3n) is 3.68. The van der Waals surface area contributed by atoms with Crippen molar-refractivity contribution in [3.05, 3.63) is 56.0 Å². The highest BCUT2D eigenvalue weighted by Gasteiger charge is 2.14. The van der Waals surface area contributed by atoms with Gasteiger partial charge in [0.05, 0.1) is 0 Å². The van der Waals surface area contributed by atoms with Crippen LogP contribution in [0.1, 0.15) is 36.5 Å². The molecular weight excluding hydrogens is 471 g/mol. The molecule has 0 saturated carbocycles. The van der Waals surface area contributed by atoms with E-state index in [2.05, 4.69) is 31.9 Å². The second kappa shape index (κ2) is 8.26. The van der Waals surface area contributed by atoms with E-state index in [0.29, 0.717) is 17.9 Å². The van der Waals surface area contributed by atoms with Crippen molar-refractivity contribution in [2.75, 3.05) is 13.0 Å². The highest BCUT2D eigenvalue weighted by molar-refractivity contribution is 9.11. The van der Waals surface area contributed by atoms with Gasteiger partial charge in [0, 0.05) is 15.6 Å². The zero-order valence-electron chi connectivity index (χ0n) is 14.3. The Morgan fingerprint density at radius 1 is 1.16 bits per heavy atom. The van der Waals surface area contributed by atoms with Gasteiger partial charge in [-0.2, -0.15) is 0 Å². The SMILES string of the molecule is CC(C)c1cc(Cc2c(Br)cc(OCP(C)(=O)O)cc2Br)ccc1O. The maximum absolute atomic E-state index is 11.4. The number of ether oxygens (including phenoxy) is 1. The molecule has 0 aliphatic rings. The van der Waals surface area contributed by atoms with Gasteiger partial charge in [-0.15, -0.1) is 0 Å². The fraction of sp³-hybridized carbons (Fsp3) is 0.333. The third kappa shape index (κ3) is 5.85. The molecule has 0 spiro atoms. The number of hydrogen-bond acceptors (Lipinski definition) is 3. The van der Waals surface area contributed by atoms with Gasteiger partial charge in [-0.1, -0.05) is 57.8 Å². The second-order valence-electron chi connectivity index (χ2n) is 6.41. The lowest BCUT2D eigenvalue weighted by molar-refractivity contribution is 0.352. The molecule has 0 bridgehead atoms. The van der Waals surface area contributed by atoms with E-state index in [9.17, 15) is 14.6 Å². The molecular formula is C18H21Br2O4P. The number of hydrogen-bond donors (Lipinski definition) is 2. The molecule has 0 radical (unpaired) electrons. The Kier molecular flexibility index (Phi) is 6.77. The van der Waals surface area contributed by atoms with E-state index >= 15 is 0 Å². The van der Waals surface area contributed by atoms with Crippen molar-refractivity contribution >= 4 is 39.2 Å². The minimum Gasteiger partial charge on any atom is -0.508 e. The van der Waals surface area contributed by atoms with Crippen molar-refractivity contribution < 1.29 is 19.3 Å². The summed E-state index contributed by atoms with van der Waals surface area (Å²) in [6.45, 7) is 5.36. The first-order chi connectivity index (χ1) is 11.6. The van der Waals surface area contributed by atoms with E-state index in [1.54, 1.807) is 18.2 Å². The number of aromatic hydroxyl groups is 1. The lowest BCUT2D eigenvalue weighted by Crippen LogP contribution is -2.00. The van der Waals surface area contributed by atoms with Crippen LogP contribution in [0, 0.1) is 0 Å². The fourth-order valence-electron chi connectivity index (χ4n) is 2.41. The smallest absolute Gasteiger partial charge is 0.233 e. The Balaban J connectivity index is 2.26. The van der Waals surface area contributed by atoms with Gasteiger partial charge in [0.25, 0.3) is 0 Å². The Bertz CT molecular complexity index is 792. The minimum absolute atomic E-state index is 0.221. The predicted octanol–water partition coefficient (Wildman–Crippen LogP) is 5.87. The van der Waals surface area contributed by atoms with Gasteiger partial charge in [-0.25, -0.2) is 0 Å². The molecule has 0 fully saturated rings. The normalized spacial score (nSPS) is 13.7. The first-order valence-electron chi connectivity index (χ1n) is 7.78. The van der Waals surface area contributed by atoms with E-state index in [0.717, 1.165) is 25.6 Å². The third-order valence-corrected chi connectivity index (χ3v) is 5.70. The molecule has 2 aromatic rings. The minimum atomic E-state index is -3.22. The number of phenols is 1. The van der Waals surface area contributed by atoms with Gasteiger partial charge < -0.3 is 14.7 Å². The number of phenolic OH excluding ortho intramolecular Hbond substituents is 1. The molecule has 7 heteroatoms. The number of rotatable bonds is 6. The van der Waals surface area contributed by atoms with Crippen LogP contribution in [-0.2, 0) is 11.0 Å². The summed E-state index contributed by atoms with van der Waals surface area (Å²) in [4.78, 5) is 9.35. The van der Waals surface area contributed by atoms with Crippen LogP contribution >= 0.6 is 39.2 Å². The molecule has 2 rings (SSSR count). The molecule has 4 nitrogen and oxygen atoms in total. The van der Waals surface area contributed by atoms with Gasteiger partial charge in [0.15, 0.2) is 6.35 Å². The van der Waals surface area contributed by atoms with Crippen LogP contribution in [0.2, 0.25) is 0 Å². The average molecular weight is 492 g/mol. The number of halogens is 2. The zero-order chi connectivity index (χ0) is 18.8. The topological polar surface area (TPSA) is 66.8 Å². The summed E-state index contributed by atoms with van der Waals surface area (Å²) in [6.07, 6.45) is 0.453. The standard InChI is InChI=1S/C18H21Br2O4P/c1-11(2)14-6-12(4-5-18(14)21)7-15-16(19)8-13(9-17(15)20)24-10-25(3,22)23/h4-6,8-9,11,21H,7,10H2,1-3H3,(H,22,23). The zero-order valence-corrected chi connectivity index (χ0v) is 18.4. The second-order valence-corrected chi connectivity index (χ2v) is 10.5. The molecule has 0 heterocycles. The lowest BCUT2D eigenvalue weighted by Gasteiger charge is -2.14. The molecule has 136 valence electrons. The van der Waals surface area contributed by atoms with Gasteiger partial charge in [-0.05, 0) is 47.2 Å². The summed E-state index contributed by atoms with van der Waals surface area (Å²) < 4.78 is 18.5. The molecule has 1 atom stereocenters. The Labute approximate surface area is 164 Å². The van der Waals surface area contributed by atoms with Crippen LogP contribution in [-0.4, -0.2) is 23.0 Å². The molecule has 0 aliphatic heterocycles. The van der Waals surface area contributed by atoms with Crippen LogP contribution < -0.4 is 4.74 Å². The molecule has 1 unspecified atom stereocenters. The Morgan fingerprint density at radius 3 is 2.28 bits per heavy atom. The van der Waals surface area contributed by atoms with Gasteiger partial charge in [0.2, 0.25) is 7.37 Å². The van der Waals surface area contributed by atoms with Crippen LogP contribution in [0.25, 0.3) is 0 Å². The van der Waals surface area contributed by atoms with Gasteiger partial charge in [0.1, 0.15) is 11.5 Å². The molecule has 0 saturated heterocycles. The maximum atomic E-state index is 11.4. The summed E-state index contributed by atoms with van der Waals surface area (Å²) >= 11 is 7.09. The van der Waals surface area contributed by atoms with Crippen molar-refractivity contribution in [1.82, 2.24) is 0 Å². The van der Waals surface area contributed by atoms with E-state index in [1.807, 2.05) is 26.0 Å². The number of benzene rings is 2. The van der Waals surface area contributed by atoms with Crippen LogP contribution in [0.3, 0.4) is 0 Å². The quantitative estimate of drug-likeness (QED) is 0.496. The molecule has 2 aromatic carbocycles. The van der Waals surface area contributed by atoms with Crippen molar-refractivity contribution in [3.8, 4) is 11.5 Å². The summed E-state index contributed by atoms with van der Waals surface area (Å²) in [5.41, 5.74) is 3.05. The Morgan fingerprint density at radius 2 is 1.76 bits per heavy atom. The molecule has 0 amide bonds. The predicted molar refractivity (Wildman–Crippen MR) is 108 cm³/mol. The van der Waals surface area contributed by atoms with Crippen LogP contribution in [0.5, 0.6) is 11.5 Å². The van der Waals surface area contributed by atoms with Crippen LogP contribution in [0.4, 0.5) is 0 Å². The fourth-order valence-corrected chi connectivity index (χ4v) is 4.22. The van der Waals surface area contributed by atoms with Crippen molar-refractivity contribution in [2.24, 2.45) is 0 Å². The largest absolute Gasteiger partial charge is 0.508 e. The van der Waals surface area contributed by atoms with Gasteiger partial charge in [-0.3, -0.25) is 4.57 Å². The van der Waals surface area contributed by atoms with Crippen molar-refractivity contribution in [3.63, 3.8) is 0 Å². The van der Waals surface area contributed by atoms with Gasteiger partial charge >= 0.3 is 0 Å². The summed E-state index contributed by atoms with van der Waals surface area (Å²) in [7, 11) is -3.22. The summed E-state index contributed by atoms with van der Waals surface area (Å²) in [5, 5.41) is 9.96. The summed E-state index contributed by atoms with van der Waals surface area (Å²) in [5.74, 6) is 1.08. The van der Waals surface area contributed by atoms with E-state index in [4.69, 9.17) is 4.74 Å². The van der Waals surface area contributed by atoms with Crippen molar-refractivity contribution in [2.45, 2.75) is 26.2 Å². The maximum Gasteiger partial charge on any atom is 0.233 e. The van der Waals surface area contributed by atoms with E-state index < -0.39 is 7.37 Å². The highest BCUT2D eigenvalue weighted by atomic mass is 79.9. The first-order valence-corrected chi connectivity index (χ1v) is 11.7. The summed E-state index contributed by atoms with van der Waals surface area (Å²) in [6, 6.07) is 9.23. The van der Waals surface area contributed by atoms with E-state index in [-0.39, 0.29) is 12.3 Å². The molecule has 0 aliphatic carbocycles. The highest BCUT2D eigenvalue weighted by Crippen LogP contribution is 2.38. The Hall–Kier alpha value is -0.810. The molecule has 2 N–H and O–H groups in total. The van der Waals surface area contributed by atoms with E-state index in [1.165, 1.54) is 6.66 Å². The monoisotopic (exact) mass is 490 g/mol. The van der Waals surface area contributed by atoms with Crippen LogP contribution in [0.15, 0.2) is 39.3 Å². The molecule has 25 heavy (non-hydrogen) atoms. The average Bonchev–Trinajstić information content (AvgIpc) is 2.49. The molecule has 0 aromatic heterocycles. The van der Waals surface area contributed by atoms with Crippen molar-refractivity contribution in [1.29, 1.82) is 0 Å². The lowest BCUT2D eigenvalue weighted by atomic mass is 9.96. The first kappa shape index (κ1) is 20.5.